The van der Waals surface area contributed by atoms with Gasteiger partial charge in [-0.1, -0.05) is 0 Å². The van der Waals surface area contributed by atoms with Crippen molar-refractivity contribution in [1.82, 2.24) is 14.7 Å². The molecule has 0 spiro atoms. The lowest BCUT2D eigenvalue weighted by molar-refractivity contribution is -0.134. The number of piperidine rings is 1. The molecule has 6 nitrogen and oxygen atoms in total. The summed E-state index contributed by atoms with van der Waals surface area (Å²) < 4.78 is 13.2. The Hall–Kier alpha value is -2.15. The van der Waals surface area contributed by atoms with Gasteiger partial charge in [-0.25, -0.2) is 4.39 Å². The standard InChI is InChI=1S/C23H33FN4O2/c24-19-7-9-20(10-8-19)25-14-16-26(17-15-25)21-4-1-13-28(18-21)23(30)6-3-12-27-11-2-5-22(27)29/h7-10,21H,1-6,11-18H2. The van der Waals surface area contributed by atoms with E-state index in [2.05, 4.69) is 9.80 Å². The molecule has 0 radical (unpaired) electrons. The number of anilines is 1. The molecule has 1 aromatic rings. The van der Waals surface area contributed by atoms with E-state index in [1.807, 2.05) is 21.9 Å². The monoisotopic (exact) mass is 416 g/mol. The molecular formula is C23H33FN4O2. The molecular weight excluding hydrogens is 383 g/mol. The Morgan fingerprint density at radius 3 is 2.47 bits per heavy atom. The van der Waals surface area contributed by atoms with Crippen LogP contribution in [-0.4, -0.2) is 84.9 Å². The molecule has 1 unspecified atom stereocenters. The molecule has 3 aliphatic rings. The van der Waals surface area contributed by atoms with Crippen molar-refractivity contribution in [2.24, 2.45) is 0 Å². The van der Waals surface area contributed by atoms with E-state index in [0.717, 1.165) is 77.2 Å². The Kier molecular flexibility index (Phi) is 6.87. The molecule has 2 amide bonds. The van der Waals surface area contributed by atoms with Gasteiger partial charge in [0, 0.05) is 76.9 Å². The molecule has 7 heteroatoms. The summed E-state index contributed by atoms with van der Waals surface area (Å²) in [5.41, 5.74) is 1.08. The van der Waals surface area contributed by atoms with Crippen molar-refractivity contribution in [3.8, 4) is 0 Å². The van der Waals surface area contributed by atoms with Gasteiger partial charge in [-0.3, -0.25) is 14.5 Å². The summed E-state index contributed by atoms with van der Waals surface area (Å²) >= 11 is 0. The van der Waals surface area contributed by atoms with Crippen molar-refractivity contribution in [2.45, 2.75) is 44.6 Å². The lowest BCUT2D eigenvalue weighted by Crippen LogP contribution is -2.55. The number of benzene rings is 1. The number of carbonyl (C=O) groups is 2. The van der Waals surface area contributed by atoms with Crippen LogP contribution in [0.25, 0.3) is 0 Å². The first-order chi connectivity index (χ1) is 14.6. The van der Waals surface area contributed by atoms with Gasteiger partial charge in [-0.05, 0) is 49.9 Å². The minimum Gasteiger partial charge on any atom is -0.369 e. The molecule has 164 valence electrons. The predicted molar refractivity (Wildman–Crippen MR) is 115 cm³/mol. The van der Waals surface area contributed by atoms with Crippen LogP contribution < -0.4 is 4.90 Å². The van der Waals surface area contributed by atoms with E-state index < -0.39 is 0 Å². The molecule has 3 aliphatic heterocycles. The van der Waals surface area contributed by atoms with Crippen molar-refractivity contribution < 1.29 is 14.0 Å². The number of piperazine rings is 1. The van der Waals surface area contributed by atoms with Crippen LogP contribution in [0.15, 0.2) is 24.3 Å². The number of halogens is 1. The summed E-state index contributed by atoms with van der Waals surface area (Å²) in [5.74, 6) is 0.271. The summed E-state index contributed by atoms with van der Waals surface area (Å²) in [5, 5.41) is 0. The molecule has 3 saturated heterocycles. The second-order valence-electron chi connectivity index (χ2n) is 8.72. The SMILES string of the molecule is O=C1CCCN1CCCC(=O)N1CCCC(N2CCN(c3ccc(F)cc3)CC2)C1. The first-order valence-corrected chi connectivity index (χ1v) is 11.4. The number of hydrogen-bond donors (Lipinski definition) is 0. The zero-order valence-corrected chi connectivity index (χ0v) is 17.8. The molecule has 1 atom stereocenters. The zero-order chi connectivity index (χ0) is 20.9. The fraction of sp³-hybridized carbons (Fsp3) is 0.652. The summed E-state index contributed by atoms with van der Waals surface area (Å²) in [6.45, 7) is 7.05. The van der Waals surface area contributed by atoms with Crippen molar-refractivity contribution >= 4 is 17.5 Å². The summed E-state index contributed by atoms with van der Waals surface area (Å²) in [6, 6.07) is 7.17. The fourth-order valence-electron chi connectivity index (χ4n) is 5.00. The highest BCUT2D eigenvalue weighted by molar-refractivity contribution is 5.78. The van der Waals surface area contributed by atoms with E-state index in [-0.39, 0.29) is 17.6 Å². The third kappa shape index (κ3) is 5.12. The van der Waals surface area contributed by atoms with Crippen LogP contribution in [0.4, 0.5) is 10.1 Å². The van der Waals surface area contributed by atoms with Gasteiger partial charge >= 0.3 is 0 Å². The summed E-state index contributed by atoms with van der Waals surface area (Å²) in [7, 11) is 0. The normalized spacial score (nSPS) is 23.3. The van der Waals surface area contributed by atoms with Crippen LogP contribution in [0.5, 0.6) is 0 Å². The zero-order valence-electron chi connectivity index (χ0n) is 17.8. The first-order valence-electron chi connectivity index (χ1n) is 11.4. The van der Waals surface area contributed by atoms with Crippen LogP contribution in [-0.2, 0) is 9.59 Å². The molecule has 0 bridgehead atoms. The Morgan fingerprint density at radius 1 is 1.00 bits per heavy atom. The number of nitrogens with zero attached hydrogens (tertiary/aromatic N) is 4. The Bertz CT molecular complexity index is 733. The number of amides is 2. The molecule has 0 N–H and O–H groups in total. The molecule has 4 rings (SSSR count). The molecule has 0 saturated carbocycles. The lowest BCUT2D eigenvalue weighted by atomic mass is 10.0. The van der Waals surface area contributed by atoms with Crippen LogP contribution in [0.2, 0.25) is 0 Å². The fourth-order valence-corrected chi connectivity index (χ4v) is 5.00. The Labute approximate surface area is 178 Å². The van der Waals surface area contributed by atoms with Crippen molar-refractivity contribution in [2.75, 3.05) is 57.3 Å². The second kappa shape index (κ2) is 9.77. The third-order valence-electron chi connectivity index (χ3n) is 6.76. The van der Waals surface area contributed by atoms with Crippen LogP contribution in [0.3, 0.4) is 0 Å². The maximum Gasteiger partial charge on any atom is 0.222 e. The maximum absolute atomic E-state index is 13.2. The largest absolute Gasteiger partial charge is 0.369 e. The average molecular weight is 417 g/mol. The minimum atomic E-state index is -0.198. The number of carbonyl (C=O) groups excluding carboxylic acids is 2. The van der Waals surface area contributed by atoms with E-state index in [1.54, 1.807) is 0 Å². The van der Waals surface area contributed by atoms with E-state index in [4.69, 9.17) is 0 Å². The highest BCUT2D eigenvalue weighted by Crippen LogP contribution is 2.22. The molecule has 3 fully saturated rings. The number of likely N-dealkylation sites (tertiary alicyclic amines) is 2. The second-order valence-corrected chi connectivity index (χ2v) is 8.72. The quantitative estimate of drug-likeness (QED) is 0.714. The van der Waals surface area contributed by atoms with Gasteiger partial charge < -0.3 is 14.7 Å². The highest BCUT2D eigenvalue weighted by Gasteiger charge is 2.30. The topological polar surface area (TPSA) is 47.1 Å². The van der Waals surface area contributed by atoms with E-state index in [9.17, 15) is 14.0 Å². The van der Waals surface area contributed by atoms with Crippen LogP contribution in [0, 0.1) is 5.82 Å². The minimum absolute atomic E-state index is 0.198. The average Bonchev–Trinajstić information content (AvgIpc) is 3.19. The number of hydrogen-bond acceptors (Lipinski definition) is 4. The van der Waals surface area contributed by atoms with Gasteiger partial charge in [-0.15, -0.1) is 0 Å². The van der Waals surface area contributed by atoms with E-state index in [0.29, 0.717) is 25.4 Å². The summed E-state index contributed by atoms with van der Waals surface area (Å²) in [4.78, 5) is 33.2. The van der Waals surface area contributed by atoms with Gasteiger partial charge in [0.05, 0.1) is 0 Å². The van der Waals surface area contributed by atoms with E-state index >= 15 is 0 Å². The maximum atomic E-state index is 13.2. The molecule has 3 heterocycles. The van der Waals surface area contributed by atoms with Gasteiger partial charge in [0.2, 0.25) is 11.8 Å². The van der Waals surface area contributed by atoms with E-state index in [1.165, 1.54) is 12.1 Å². The predicted octanol–water partition coefficient (Wildman–Crippen LogP) is 2.34. The summed E-state index contributed by atoms with van der Waals surface area (Å²) in [6.07, 6.45) is 5.11. The van der Waals surface area contributed by atoms with Crippen molar-refractivity contribution in [3.05, 3.63) is 30.1 Å². The van der Waals surface area contributed by atoms with Crippen molar-refractivity contribution in [3.63, 3.8) is 0 Å². The smallest absolute Gasteiger partial charge is 0.222 e. The van der Waals surface area contributed by atoms with Crippen LogP contribution in [0.1, 0.15) is 38.5 Å². The van der Waals surface area contributed by atoms with Crippen LogP contribution >= 0.6 is 0 Å². The van der Waals surface area contributed by atoms with Gasteiger partial charge in [0.1, 0.15) is 5.82 Å². The third-order valence-corrected chi connectivity index (χ3v) is 6.76. The Morgan fingerprint density at radius 2 is 1.77 bits per heavy atom. The highest BCUT2D eigenvalue weighted by atomic mass is 19.1. The molecule has 0 aromatic heterocycles. The molecule has 30 heavy (non-hydrogen) atoms. The first kappa shape index (κ1) is 21.1. The number of rotatable bonds is 6. The molecule has 0 aliphatic carbocycles. The van der Waals surface area contributed by atoms with Gasteiger partial charge in [0.25, 0.3) is 0 Å². The molecule has 1 aromatic carbocycles. The van der Waals surface area contributed by atoms with Crippen molar-refractivity contribution in [1.29, 1.82) is 0 Å². The van der Waals surface area contributed by atoms with Gasteiger partial charge in [-0.2, -0.15) is 0 Å². The lowest BCUT2D eigenvalue weighted by Gasteiger charge is -2.44. The Balaban J connectivity index is 1.21. The van der Waals surface area contributed by atoms with Gasteiger partial charge in [0.15, 0.2) is 0 Å².